The molecule has 3 aromatic rings. The summed E-state index contributed by atoms with van der Waals surface area (Å²) in [4.78, 5) is 3.77. The Hall–Kier alpha value is -1.73. The molecule has 1 saturated heterocycles. The van der Waals surface area contributed by atoms with E-state index in [-0.39, 0.29) is 12.1 Å². The summed E-state index contributed by atoms with van der Waals surface area (Å²) >= 11 is 7.86. The molecule has 28 heavy (non-hydrogen) atoms. The molecule has 0 bridgehead atoms. The van der Waals surface area contributed by atoms with Crippen LogP contribution in [0.1, 0.15) is 53.4 Å². The van der Waals surface area contributed by atoms with E-state index in [1.54, 1.807) is 11.3 Å². The number of benzene rings is 1. The minimum Gasteiger partial charge on any atom is -0.391 e. The first-order valence-corrected chi connectivity index (χ1v) is 11.0. The van der Waals surface area contributed by atoms with Gasteiger partial charge in [0.15, 0.2) is 0 Å². The molecule has 1 aliphatic carbocycles. The van der Waals surface area contributed by atoms with Gasteiger partial charge in [0.1, 0.15) is 0 Å². The molecular weight excluding hydrogens is 392 g/mol. The third-order valence-electron chi connectivity index (χ3n) is 5.83. The van der Waals surface area contributed by atoms with E-state index in [1.807, 2.05) is 23.0 Å². The first-order chi connectivity index (χ1) is 13.7. The maximum Gasteiger partial charge on any atom is 0.0923 e. The lowest BCUT2D eigenvalue weighted by molar-refractivity contribution is -0.0105. The summed E-state index contributed by atoms with van der Waals surface area (Å²) in [5, 5.41) is 22.5. The van der Waals surface area contributed by atoms with Crippen molar-refractivity contribution in [3.63, 3.8) is 0 Å². The molecule has 0 spiro atoms. The predicted molar refractivity (Wildman–Crippen MR) is 111 cm³/mol. The van der Waals surface area contributed by atoms with Gasteiger partial charge in [0.2, 0.25) is 0 Å². The highest BCUT2D eigenvalue weighted by Crippen LogP contribution is 2.40. The van der Waals surface area contributed by atoms with Crippen molar-refractivity contribution in [2.45, 2.75) is 49.9 Å². The minimum atomic E-state index is -0.464. The molecule has 2 aliphatic rings. The first-order valence-electron chi connectivity index (χ1n) is 9.79. The van der Waals surface area contributed by atoms with E-state index in [0.717, 1.165) is 23.8 Å². The molecule has 1 aliphatic heterocycles. The molecule has 5 nitrogen and oxygen atoms in total. The number of thiophene rings is 1. The van der Waals surface area contributed by atoms with Crippen LogP contribution in [0.3, 0.4) is 0 Å². The van der Waals surface area contributed by atoms with Crippen LogP contribution in [0.5, 0.6) is 0 Å². The molecule has 1 saturated carbocycles. The normalized spacial score (nSPS) is 25.9. The Morgan fingerprint density at radius 2 is 2.00 bits per heavy atom. The molecule has 1 N–H and O–H groups in total. The third kappa shape index (κ3) is 3.74. The number of hydrogen-bond donors (Lipinski definition) is 1. The summed E-state index contributed by atoms with van der Waals surface area (Å²) in [5.41, 5.74) is 2.26. The van der Waals surface area contributed by atoms with Crippen LogP contribution in [0.25, 0.3) is 0 Å². The van der Waals surface area contributed by atoms with Gasteiger partial charge in [0.05, 0.1) is 17.8 Å². The fourth-order valence-corrected chi connectivity index (χ4v) is 4.97. The number of aromatic nitrogens is 3. The fourth-order valence-electron chi connectivity index (χ4n) is 4.11. The maximum absolute atomic E-state index is 11.0. The number of hydrogen-bond acceptors (Lipinski definition) is 5. The second kappa shape index (κ2) is 7.59. The number of halogens is 1. The highest BCUT2D eigenvalue weighted by molar-refractivity contribution is 7.09. The van der Waals surface area contributed by atoms with E-state index in [0.29, 0.717) is 12.3 Å². The van der Waals surface area contributed by atoms with Crippen LogP contribution in [-0.2, 0) is 6.54 Å². The van der Waals surface area contributed by atoms with Gasteiger partial charge in [-0.15, -0.1) is 16.4 Å². The van der Waals surface area contributed by atoms with Crippen molar-refractivity contribution in [1.29, 1.82) is 0 Å². The van der Waals surface area contributed by atoms with Crippen molar-refractivity contribution in [3.05, 3.63) is 69.1 Å². The third-order valence-corrected chi connectivity index (χ3v) is 6.94. The van der Waals surface area contributed by atoms with Crippen molar-refractivity contribution in [1.82, 2.24) is 19.9 Å². The van der Waals surface area contributed by atoms with Crippen LogP contribution in [0.4, 0.5) is 0 Å². The highest BCUT2D eigenvalue weighted by atomic mass is 35.5. The molecule has 3 heterocycles. The number of likely N-dealkylation sites (tertiary alicyclic amines) is 1. The Balaban J connectivity index is 1.42. The van der Waals surface area contributed by atoms with Crippen molar-refractivity contribution < 1.29 is 5.11 Å². The van der Waals surface area contributed by atoms with Gasteiger partial charge in [-0.05, 0) is 48.4 Å². The van der Waals surface area contributed by atoms with Crippen LogP contribution >= 0.6 is 22.9 Å². The first kappa shape index (κ1) is 18.3. The van der Waals surface area contributed by atoms with Gasteiger partial charge in [-0.2, -0.15) is 0 Å². The lowest BCUT2D eigenvalue weighted by Gasteiger charge is -2.42. The second-order valence-electron chi connectivity index (χ2n) is 7.84. The van der Waals surface area contributed by atoms with Crippen LogP contribution in [0, 0.1) is 0 Å². The van der Waals surface area contributed by atoms with E-state index >= 15 is 0 Å². The van der Waals surface area contributed by atoms with Crippen LogP contribution in [0.15, 0.2) is 48.0 Å². The smallest absolute Gasteiger partial charge is 0.0923 e. The topological polar surface area (TPSA) is 54.2 Å². The Bertz CT molecular complexity index is 922. The molecule has 0 radical (unpaired) electrons. The number of aliphatic hydroxyl groups is 1. The van der Waals surface area contributed by atoms with Crippen molar-refractivity contribution >= 4 is 22.9 Å². The van der Waals surface area contributed by atoms with Crippen LogP contribution < -0.4 is 0 Å². The molecule has 146 valence electrons. The summed E-state index contributed by atoms with van der Waals surface area (Å²) in [6, 6.07) is 12.3. The van der Waals surface area contributed by atoms with Gasteiger partial charge >= 0.3 is 0 Å². The van der Waals surface area contributed by atoms with E-state index in [1.165, 1.54) is 23.3 Å². The average molecular weight is 415 g/mol. The van der Waals surface area contributed by atoms with E-state index in [4.69, 9.17) is 11.6 Å². The monoisotopic (exact) mass is 414 g/mol. The SMILES string of the molecule is O[C@H]1C[C@H](c2ccc(Cl)cc2)N(Cc2cccs2)C[C@H]1n1cc(C2CC2)nn1. The van der Waals surface area contributed by atoms with Crippen molar-refractivity contribution in [2.75, 3.05) is 6.54 Å². The molecule has 0 unspecified atom stereocenters. The van der Waals surface area contributed by atoms with Gasteiger partial charge in [-0.1, -0.05) is 35.0 Å². The lowest BCUT2D eigenvalue weighted by Crippen LogP contribution is -2.45. The molecule has 2 aromatic heterocycles. The van der Waals surface area contributed by atoms with E-state index in [9.17, 15) is 5.11 Å². The second-order valence-corrected chi connectivity index (χ2v) is 9.31. The number of aliphatic hydroxyl groups excluding tert-OH is 1. The largest absolute Gasteiger partial charge is 0.391 e. The maximum atomic E-state index is 11.0. The summed E-state index contributed by atoms with van der Waals surface area (Å²) in [5.74, 6) is 0.568. The predicted octanol–water partition coefficient (Wildman–Crippen LogP) is 4.42. The molecule has 7 heteroatoms. The lowest BCUT2D eigenvalue weighted by atomic mass is 9.90. The zero-order valence-corrected chi connectivity index (χ0v) is 17.1. The van der Waals surface area contributed by atoms with Gasteiger partial charge in [-0.3, -0.25) is 4.90 Å². The van der Waals surface area contributed by atoms with Gasteiger partial charge < -0.3 is 5.11 Å². The quantitative estimate of drug-likeness (QED) is 0.671. The zero-order chi connectivity index (χ0) is 19.1. The Morgan fingerprint density at radius 3 is 2.71 bits per heavy atom. The minimum absolute atomic E-state index is 0.0801. The molecule has 0 amide bonds. The van der Waals surface area contributed by atoms with E-state index in [2.05, 4.69) is 44.9 Å². The number of rotatable bonds is 5. The Morgan fingerprint density at radius 1 is 1.18 bits per heavy atom. The molecular formula is C21H23ClN4OS. The molecule has 3 atom stereocenters. The van der Waals surface area contributed by atoms with Gasteiger partial charge in [-0.25, -0.2) is 4.68 Å². The number of piperidine rings is 1. The van der Waals surface area contributed by atoms with Gasteiger partial charge in [0, 0.05) is 41.1 Å². The molecule has 5 rings (SSSR count). The standard InChI is InChI=1S/C21H23ClN4OS/c22-16-7-5-15(6-8-16)19-10-21(27)20(13-25(19)11-17-2-1-9-28-17)26-12-18(23-24-26)14-3-4-14/h1-2,5-9,12,14,19-21,27H,3-4,10-11,13H2/t19-,20-,21+/m1/s1. The summed E-state index contributed by atoms with van der Waals surface area (Å²) in [6.45, 7) is 1.60. The molecule has 2 fully saturated rings. The average Bonchev–Trinajstić information content (AvgIpc) is 3.21. The van der Waals surface area contributed by atoms with Crippen LogP contribution in [0.2, 0.25) is 5.02 Å². The summed E-state index contributed by atoms with van der Waals surface area (Å²) < 4.78 is 1.89. The van der Waals surface area contributed by atoms with Crippen molar-refractivity contribution in [3.8, 4) is 0 Å². The summed E-state index contributed by atoms with van der Waals surface area (Å²) in [6.07, 6.45) is 4.65. The fraction of sp³-hybridized carbons (Fsp3) is 0.429. The number of nitrogens with zero attached hydrogens (tertiary/aromatic N) is 4. The van der Waals surface area contributed by atoms with Gasteiger partial charge in [0.25, 0.3) is 0 Å². The van der Waals surface area contributed by atoms with Crippen molar-refractivity contribution in [2.24, 2.45) is 0 Å². The highest BCUT2D eigenvalue weighted by Gasteiger charge is 2.38. The molecule has 1 aromatic carbocycles. The van der Waals surface area contributed by atoms with Crippen LogP contribution in [-0.4, -0.2) is 37.6 Å². The zero-order valence-electron chi connectivity index (χ0n) is 15.5. The summed E-state index contributed by atoms with van der Waals surface area (Å²) in [7, 11) is 0. The Labute approximate surface area is 173 Å². The Kier molecular flexibility index (Phi) is 4.97. The van der Waals surface area contributed by atoms with E-state index < -0.39 is 6.10 Å².